The summed E-state index contributed by atoms with van der Waals surface area (Å²) in [5.74, 6) is 0.774. The van der Waals surface area contributed by atoms with E-state index in [-0.39, 0.29) is 5.97 Å². The molecular formula is C23H23BrN2O2. The van der Waals surface area contributed by atoms with Crippen LogP contribution in [0.2, 0.25) is 0 Å². The molecule has 0 radical (unpaired) electrons. The Labute approximate surface area is 174 Å². The highest BCUT2D eigenvalue weighted by Crippen LogP contribution is 2.21. The highest BCUT2D eigenvalue weighted by atomic mass is 79.9. The summed E-state index contributed by atoms with van der Waals surface area (Å²) in [4.78, 5) is 21.1. The quantitative estimate of drug-likeness (QED) is 0.237. The fourth-order valence-corrected chi connectivity index (χ4v) is 3.08. The number of nitrogens with zero attached hydrogens (tertiary/aromatic N) is 2. The molecule has 3 rings (SSSR count). The average Bonchev–Trinajstić information content (AvgIpc) is 2.73. The van der Waals surface area contributed by atoms with Gasteiger partial charge in [-0.05, 0) is 66.9 Å². The zero-order chi connectivity index (χ0) is 19.8. The Morgan fingerprint density at radius 3 is 2.25 bits per heavy atom. The van der Waals surface area contributed by atoms with Crippen molar-refractivity contribution in [1.29, 1.82) is 0 Å². The van der Waals surface area contributed by atoms with Crippen LogP contribution < -0.4 is 4.74 Å². The molecule has 1 heterocycles. The summed E-state index contributed by atoms with van der Waals surface area (Å²) in [7, 11) is 0. The molecule has 0 saturated heterocycles. The zero-order valence-corrected chi connectivity index (χ0v) is 17.5. The van der Waals surface area contributed by atoms with Crippen molar-refractivity contribution < 1.29 is 9.53 Å². The molecular weight excluding hydrogens is 416 g/mol. The molecule has 0 aliphatic heterocycles. The van der Waals surface area contributed by atoms with Gasteiger partial charge >= 0.3 is 5.97 Å². The van der Waals surface area contributed by atoms with Crippen molar-refractivity contribution in [3.8, 4) is 17.1 Å². The molecule has 0 fully saturated rings. The van der Waals surface area contributed by atoms with Gasteiger partial charge in [0.15, 0.2) is 5.82 Å². The van der Waals surface area contributed by atoms with Gasteiger partial charge in [0, 0.05) is 22.4 Å². The van der Waals surface area contributed by atoms with Crippen LogP contribution >= 0.6 is 15.9 Å². The minimum absolute atomic E-state index is 0.385. The van der Waals surface area contributed by atoms with E-state index in [0.717, 1.165) is 16.5 Å². The Hall–Kier alpha value is -2.53. The van der Waals surface area contributed by atoms with Gasteiger partial charge in [-0.3, -0.25) is 0 Å². The van der Waals surface area contributed by atoms with E-state index >= 15 is 0 Å². The van der Waals surface area contributed by atoms with E-state index in [1.165, 1.54) is 31.2 Å². The maximum Gasteiger partial charge on any atom is 0.343 e. The van der Waals surface area contributed by atoms with Crippen LogP contribution in [0, 0.1) is 0 Å². The minimum Gasteiger partial charge on any atom is -0.423 e. The summed E-state index contributed by atoms with van der Waals surface area (Å²) in [5, 5.41) is 0. The van der Waals surface area contributed by atoms with E-state index in [2.05, 4.69) is 32.8 Å². The van der Waals surface area contributed by atoms with Crippen LogP contribution in [0.1, 0.15) is 48.5 Å². The summed E-state index contributed by atoms with van der Waals surface area (Å²) in [6, 6.07) is 14.3. The van der Waals surface area contributed by atoms with Crippen molar-refractivity contribution in [3.63, 3.8) is 0 Å². The molecule has 144 valence electrons. The van der Waals surface area contributed by atoms with Crippen molar-refractivity contribution in [2.45, 2.75) is 39.0 Å². The van der Waals surface area contributed by atoms with Crippen LogP contribution in [0.3, 0.4) is 0 Å². The Balaban J connectivity index is 1.59. The van der Waals surface area contributed by atoms with E-state index < -0.39 is 0 Å². The van der Waals surface area contributed by atoms with Crippen molar-refractivity contribution in [1.82, 2.24) is 9.97 Å². The molecule has 0 aliphatic rings. The second kappa shape index (κ2) is 10.1. The molecule has 0 bridgehead atoms. The first-order valence-corrected chi connectivity index (χ1v) is 10.3. The SMILES string of the molecule is CCCCCCc1cnc(-c2ccc(OC(=O)c3ccc(Br)cc3)cc2)nc1. The number of benzene rings is 2. The molecule has 0 N–H and O–H groups in total. The molecule has 0 saturated carbocycles. The zero-order valence-electron chi connectivity index (χ0n) is 15.9. The highest BCUT2D eigenvalue weighted by Gasteiger charge is 2.09. The average molecular weight is 439 g/mol. The lowest BCUT2D eigenvalue weighted by Crippen LogP contribution is -2.08. The number of aromatic nitrogens is 2. The molecule has 2 aromatic carbocycles. The summed E-state index contributed by atoms with van der Waals surface area (Å²) in [5.41, 5.74) is 2.56. The van der Waals surface area contributed by atoms with Gasteiger partial charge in [0.2, 0.25) is 0 Å². The first kappa shape index (κ1) is 20.2. The molecule has 0 spiro atoms. The Morgan fingerprint density at radius 1 is 0.929 bits per heavy atom. The number of hydrogen-bond donors (Lipinski definition) is 0. The first-order valence-electron chi connectivity index (χ1n) is 9.55. The summed E-state index contributed by atoms with van der Waals surface area (Å²) < 4.78 is 6.34. The van der Waals surface area contributed by atoms with E-state index in [1.807, 2.05) is 36.7 Å². The van der Waals surface area contributed by atoms with Crippen LogP contribution in [-0.4, -0.2) is 15.9 Å². The summed E-state index contributed by atoms with van der Waals surface area (Å²) in [6.45, 7) is 2.21. The number of aryl methyl sites for hydroxylation is 1. The van der Waals surface area contributed by atoms with Crippen LogP contribution in [-0.2, 0) is 6.42 Å². The Kier molecular flexibility index (Phi) is 7.31. The predicted molar refractivity (Wildman–Crippen MR) is 114 cm³/mol. The van der Waals surface area contributed by atoms with Crippen LogP contribution in [0.15, 0.2) is 65.4 Å². The fraction of sp³-hybridized carbons (Fsp3) is 0.261. The number of unbranched alkanes of at least 4 members (excludes halogenated alkanes) is 3. The van der Waals surface area contributed by atoms with Gasteiger partial charge < -0.3 is 4.74 Å². The van der Waals surface area contributed by atoms with Gasteiger partial charge in [-0.25, -0.2) is 14.8 Å². The third-order valence-electron chi connectivity index (χ3n) is 4.43. The van der Waals surface area contributed by atoms with Crippen LogP contribution in [0.5, 0.6) is 5.75 Å². The highest BCUT2D eigenvalue weighted by molar-refractivity contribution is 9.10. The maximum atomic E-state index is 12.2. The normalized spacial score (nSPS) is 10.6. The molecule has 28 heavy (non-hydrogen) atoms. The monoisotopic (exact) mass is 438 g/mol. The van der Waals surface area contributed by atoms with Gasteiger partial charge in [0.25, 0.3) is 0 Å². The van der Waals surface area contributed by atoms with Crippen molar-refractivity contribution in [2.24, 2.45) is 0 Å². The fourth-order valence-electron chi connectivity index (χ4n) is 2.81. The van der Waals surface area contributed by atoms with Crippen molar-refractivity contribution in [3.05, 3.63) is 76.5 Å². The van der Waals surface area contributed by atoms with Crippen LogP contribution in [0.25, 0.3) is 11.4 Å². The molecule has 0 amide bonds. The van der Waals surface area contributed by atoms with Gasteiger partial charge in [-0.15, -0.1) is 0 Å². The van der Waals surface area contributed by atoms with E-state index in [4.69, 9.17) is 4.74 Å². The van der Waals surface area contributed by atoms with Crippen molar-refractivity contribution in [2.75, 3.05) is 0 Å². The molecule has 4 nitrogen and oxygen atoms in total. The van der Waals surface area contributed by atoms with Gasteiger partial charge in [-0.1, -0.05) is 42.1 Å². The van der Waals surface area contributed by atoms with E-state index in [0.29, 0.717) is 17.1 Å². The lowest BCUT2D eigenvalue weighted by Gasteiger charge is -2.06. The number of esters is 1. The Bertz CT molecular complexity index is 891. The summed E-state index contributed by atoms with van der Waals surface area (Å²) >= 11 is 3.35. The number of carbonyl (C=O) groups excluding carboxylic acids is 1. The predicted octanol–water partition coefficient (Wildman–Crippen LogP) is 6.25. The lowest BCUT2D eigenvalue weighted by atomic mass is 10.1. The number of ether oxygens (including phenoxy) is 1. The van der Waals surface area contributed by atoms with E-state index in [1.54, 1.807) is 24.3 Å². The Morgan fingerprint density at radius 2 is 1.61 bits per heavy atom. The smallest absolute Gasteiger partial charge is 0.343 e. The third-order valence-corrected chi connectivity index (χ3v) is 4.96. The number of rotatable bonds is 8. The summed E-state index contributed by atoms with van der Waals surface area (Å²) in [6.07, 6.45) is 9.76. The number of carbonyl (C=O) groups is 1. The molecule has 0 aliphatic carbocycles. The van der Waals surface area contributed by atoms with Crippen LogP contribution in [0.4, 0.5) is 0 Å². The second-order valence-electron chi connectivity index (χ2n) is 6.65. The third kappa shape index (κ3) is 5.73. The molecule has 1 aromatic heterocycles. The van der Waals surface area contributed by atoms with Gasteiger partial charge in [0.05, 0.1) is 5.56 Å². The van der Waals surface area contributed by atoms with Gasteiger partial charge in [0.1, 0.15) is 5.75 Å². The molecule has 5 heteroatoms. The largest absolute Gasteiger partial charge is 0.423 e. The maximum absolute atomic E-state index is 12.2. The van der Waals surface area contributed by atoms with Gasteiger partial charge in [-0.2, -0.15) is 0 Å². The number of hydrogen-bond acceptors (Lipinski definition) is 4. The van der Waals surface area contributed by atoms with E-state index in [9.17, 15) is 4.79 Å². The standard InChI is InChI=1S/C23H23BrN2O2/c1-2-3-4-5-6-17-15-25-22(26-16-17)18-9-13-21(14-10-18)28-23(27)19-7-11-20(24)12-8-19/h7-16H,2-6H2,1H3. The number of halogens is 1. The lowest BCUT2D eigenvalue weighted by molar-refractivity contribution is 0.0735. The van der Waals surface area contributed by atoms with Crippen molar-refractivity contribution >= 4 is 21.9 Å². The molecule has 3 aromatic rings. The minimum atomic E-state index is -0.385. The second-order valence-corrected chi connectivity index (χ2v) is 7.56. The molecule has 0 atom stereocenters. The topological polar surface area (TPSA) is 52.1 Å². The molecule has 0 unspecified atom stereocenters. The first-order chi connectivity index (χ1) is 13.7.